The predicted molar refractivity (Wildman–Crippen MR) is 99.2 cm³/mol. The first kappa shape index (κ1) is 17.3. The molecule has 0 radical (unpaired) electrons. The molecule has 1 aromatic heterocycles. The van der Waals surface area contributed by atoms with E-state index in [0.717, 1.165) is 75.6 Å². The van der Waals surface area contributed by atoms with E-state index in [-0.39, 0.29) is 0 Å². The molecule has 1 saturated carbocycles. The fourth-order valence-corrected chi connectivity index (χ4v) is 4.86. The largest absolute Gasteiger partial charge is 0.467 e. The highest BCUT2D eigenvalue weighted by atomic mass is 32.1. The van der Waals surface area contributed by atoms with Crippen LogP contribution >= 0.6 is 11.3 Å². The number of amides is 1. The van der Waals surface area contributed by atoms with Gasteiger partial charge in [-0.25, -0.2) is 4.98 Å². The lowest BCUT2D eigenvalue weighted by Crippen LogP contribution is -2.41. The van der Waals surface area contributed by atoms with Crippen LogP contribution in [-0.2, 0) is 17.6 Å². The molecule has 3 aliphatic rings. The van der Waals surface area contributed by atoms with Gasteiger partial charge in [-0.2, -0.15) is 0 Å². The van der Waals surface area contributed by atoms with Crippen LogP contribution in [0.1, 0.15) is 50.1 Å². The fourth-order valence-electron chi connectivity index (χ4n) is 3.85. The SMILES string of the molecule is CC(C)N1CCC(Oc2nc3c(s2)CCN(C(=O)C2CC2)CC3)CC1. The first-order chi connectivity index (χ1) is 12.1. The third-order valence-corrected chi connectivity index (χ3v) is 6.75. The van der Waals surface area contributed by atoms with Crippen LogP contribution < -0.4 is 4.74 Å². The first-order valence-corrected chi connectivity index (χ1v) is 10.6. The molecular formula is C19H29N3O2S. The third kappa shape index (κ3) is 4.00. The molecule has 138 valence electrons. The van der Waals surface area contributed by atoms with Crippen molar-refractivity contribution >= 4 is 17.2 Å². The number of hydrogen-bond acceptors (Lipinski definition) is 5. The Morgan fingerprint density at radius 2 is 1.84 bits per heavy atom. The van der Waals surface area contributed by atoms with Gasteiger partial charge in [0.25, 0.3) is 5.19 Å². The number of ether oxygens (including phenoxy) is 1. The Balaban J connectivity index is 1.32. The number of aromatic nitrogens is 1. The average Bonchev–Trinajstić information content (AvgIpc) is 3.40. The number of fused-ring (bicyclic) bond motifs is 1. The average molecular weight is 364 g/mol. The Morgan fingerprint density at radius 3 is 2.52 bits per heavy atom. The van der Waals surface area contributed by atoms with Crippen LogP contribution in [0.15, 0.2) is 0 Å². The minimum atomic E-state index is 0.303. The van der Waals surface area contributed by atoms with Crippen molar-refractivity contribution in [1.29, 1.82) is 0 Å². The van der Waals surface area contributed by atoms with Gasteiger partial charge in [-0.15, -0.1) is 0 Å². The van der Waals surface area contributed by atoms with Gasteiger partial charge in [-0.05, 0) is 39.5 Å². The van der Waals surface area contributed by atoms with E-state index in [0.29, 0.717) is 24.0 Å². The monoisotopic (exact) mass is 363 g/mol. The van der Waals surface area contributed by atoms with Crippen molar-refractivity contribution in [3.63, 3.8) is 0 Å². The van der Waals surface area contributed by atoms with Gasteiger partial charge < -0.3 is 14.5 Å². The molecule has 2 fully saturated rings. The summed E-state index contributed by atoms with van der Waals surface area (Å²) in [7, 11) is 0. The number of piperidine rings is 1. The van der Waals surface area contributed by atoms with Gasteiger partial charge in [0.2, 0.25) is 5.91 Å². The van der Waals surface area contributed by atoms with Crippen molar-refractivity contribution in [3.05, 3.63) is 10.6 Å². The number of carbonyl (C=O) groups is 1. The molecule has 0 spiro atoms. The molecule has 4 rings (SSSR count). The summed E-state index contributed by atoms with van der Waals surface area (Å²) in [5.74, 6) is 0.684. The van der Waals surface area contributed by atoms with E-state index in [1.165, 1.54) is 4.88 Å². The van der Waals surface area contributed by atoms with E-state index in [2.05, 4.69) is 18.7 Å². The second kappa shape index (κ2) is 7.23. The molecule has 6 heteroatoms. The van der Waals surface area contributed by atoms with Crippen molar-refractivity contribution in [2.75, 3.05) is 26.2 Å². The highest BCUT2D eigenvalue weighted by molar-refractivity contribution is 7.13. The summed E-state index contributed by atoms with van der Waals surface area (Å²) in [6.45, 7) is 8.42. The number of likely N-dealkylation sites (tertiary alicyclic amines) is 1. The van der Waals surface area contributed by atoms with Crippen LogP contribution in [0.5, 0.6) is 5.19 Å². The Bertz CT molecular complexity index is 593. The zero-order valence-corrected chi connectivity index (χ0v) is 16.2. The van der Waals surface area contributed by atoms with Gasteiger partial charge in [-0.3, -0.25) is 4.79 Å². The van der Waals surface area contributed by atoms with Crippen LogP contribution in [0.2, 0.25) is 0 Å². The predicted octanol–water partition coefficient (Wildman–Crippen LogP) is 2.73. The van der Waals surface area contributed by atoms with E-state index in [4.69, 9.17) is 9.72 Å². The molecule has 0 aromatic carbocycles. The number of nitrogens with zero attached hydrogens (tertiary/aromatic N) is 3. The summed E-state index contributed by atoms with van der Waals surface area (Å²) in [5, 5.41) is 0.843. The van der Waals surface area contributed by atoms with E-state index in [9.17, 15) is 4.79 Å². The van der Waals surface area contributed by atoms with Crippen molar-refractivity contribution < 1.29 is 9.53 Å². The number of carbonyl (C=O) groups excluding carboxylic acids is 1. The summed E-state index contributed by atoms with van der Waals surface area (Å²) in [6, 6.07) is 0.623. The Morgan fingerprint density at radius 1 is 1.12 bits per heavy atom. The van der Waals surface area contributed by atoms with Crippen molar-refractivity contribution in [2.45, 2.75) is 64.5 Å². The molecule has 1 amide bonds. The Hall–Kier alpha value is -1.14. The molecule has 0 atom stereocenters. The smallest absolute Gasteiger partial charge is 0.273 e. The quantitative estimate of drug-likeness (QED) is 0.825. The lowest BCUT2D eigenvalue weighted by Gasteiger charge is -2.34. The fraction of sp³-hybridized carbons (Fsp3) is 0.789. The van der Waals surface area contributed by atoms with Gasteiger partial charge in [0.15, 0.2) is 0 Å². The van der Waals surface area contributed by atoms with Gasteiger partial charge in [0, 0.05) is 55.9 Å². The molecule has 3 heterocycles. The van der Waals surface area contributed by atoms with E-state index >= 15 is 0 Å². The number of rotatable bonds is 4. The van der Waals surface area contributed by atoms with E-state index in [1.54, 1.807) is 11.3 Å². The molecular weight excluding hydrogens is 334 g/mol. The lowest BCUT2D eigenvalue weighted by atomic mass is 10.1. The van der Waals surface area contributed by atoms with E-state index < -0.39 is 0 Å². The van der Waals surface area contributed by atoms with Crippen molar-refractivity contribution in [2.24, 2.45) is 5.92 Å². The zero-order valence-electron chi connectivity index (χ0n) is 15.4. The van der Waals surface area contributed by atoms with Crippen LogP contribution in [0.25, 0.3) is 0 Å². The van der Waals surface area contributed by atoms with Gasteiger partial charge in [0.1, 0.15) is 6.10 Å². The molecule has 5 nitrogen and oxygen atoms in total. The van der Waals surface area contributed by atoms with Crippen LogP contribution in [0, 0.1) is 5.92 Å². The molecule has 0 unspecified atom stereocenters. The topological polar surface area (TPSA) is 45.7 Å². The van der Waals surface area contributed by atoms with Gasteiger partial charge in [-0.1, -0.05) is 11.3 Å². The maximum Gasteiger partial charge on any atom is 0.273 e. The van der Waals surface area contributed by atoms with E-state index in [1.807, 2.05) is 4.90 Å². The third-order valence-electron chi connectivity index (χ3n) is 5.70. The number of hydrogen-bond donors (Lipinski definition) is 0. The van der Waals surface area contributed by atoms with Crippen LogP contribution in [0.3, 0.4) is 0 Å². The first-order valence-electron chi connectivity index (χ1n) is 9.78. The zero-order chi connectivity index (χ0) is 17.4. The molecule has 1 aliphatic carbocycles. The minimum absolute atomic E-state index is 0.303. The number of thiazole rings is 1. The molecule has 0 bridgehead atoms. The maximum atomic E-state index is 12.3. The normalized spacial score (nSPS) is 22.8. The summed E-state index contributed by atoms with van der Waals surface area (Å²) >= 11 is 1.70. The second-order valence-corrected chi connectivity index (χ2v) is 8.94. The summed E-state index contributed by atoms with van der Waals surface area (Å²) < 4.78 is 6.20. The maximum absolute atomic E-state index is 12.3. The summed E-state index contributed by atoms with van der Waals surface area (Å²) in [5.41, 5.74) is 1.16. The minimum Gasteiger partial charge on any atom is -0.467 e. The lowest BCUT2D eigenvalue weighted by molar-refractivity contribution is -0.132. The van der Waals surface area contributed by atoms with Gasteiger partial charge >= 0.3 is 0 Å². The second-order valence-electron chi connectivity index (χ2n) is 7.90. The van der Waals surface area contributed by atoms with Crippen molar-refractivity contribution in [1.82, 2.24) is 14.8 Å². The molecule has 0 N–H and O–H groups in total. The highest BCUT2D eigenvalue weighted by Crippen LogP contribution is 2.33. The molecule has 1 saturated heterocycles. The highest BCUT2D eigenvalue weighted by Gasteiger charge is 2.34. The van der Waals surface area contributed by atoms with Crippen molar-refractivity contribution in [3.8, 4) is 5.19 Å². The van der Waals surface area contributed by atoms with Crippen LogP contribution in [0.4, 0.5) is 0 Å². The Kier molecular flexibility index (Phi) is 5.00. The molecule has 1 aromatic rings. The summed E-state index contributed by atoms with van der Waals surface area (Å²) in [6.07, 6.45) is 6.46. The van der Waals surface area contributed by atoms with Gasteiger partial charge in [0.05, 0.1) is 5.69 Å². The van der Waals surface area contributed by atoms with Crippen LogP contribution in [-0.4, -0.2) is 59.0 Å². The standard InChI is InChI=1S/C19H29N3O2S/c1-13(2)21-9-5-15(6-10-21)24-19-20-16-7-11-22(12-8-17(16)25-19)18(23)14-3-4-14/h13-15H,3-12H2,1-2H3. The molecule has 2 aliphatic heterocycles. The summed E-state index contributed by atoms with van der Waals surface area (Å²) in [4.78, 5) is 22.9. The Labute approximate surface area is 154 Å². The molecule has 25 heavy (non-hydrogen) atoms.